The monoisotopic (exact) mass is 368 g/mol. The van der Waals surface area contributed by atoms with Crippen LogP contribution in [-0.2, 0) is 0 Å². The first-order valence-electron chi connectivity index (χ1n) is 8.96. The summed E-state index contributed by atoms with van der Waals surface area (Å²) in [7, 11) is 0. The minimum Gasteiger partial charge on any atom is -0.486 e. The van der Waals surface area contributed by atoms with Crippen molar-refractivity contribution in [3.63, 3.8) is 0 Å². The largest absolute Gasteiger partial charge is 0.486 e. The molecule has 0 spiro atoms. The fourth-order valence-corrected chi connectivity index (χ4v) is 3.07. The molecule has 3 aromatic rings. The van der Waals surface area contributed by atoms with Gasteiger partial charge in [-0.2, -0.15) is 0 Å². The van der Waals surface area contributed by atoms with Crippen molar-refractivity contribution in [1.29, 1.82) is 0 Å². The van der Waals surface area contributed by atoms with Gasteiger partial charge in [0.1, 0.15) is 24.9 Å². The number of aromatic nitrogens is 2. The molecule has 142 valence electrons. The summed E-state index contributed by atoms with van der Waals surface area (Å²) in [5.41, 5.74) is 2.93. The lowest BCUT2D eigenvalue weighted by atomic mass is 10.1. The van der Waals surface area contributed by atoms with E-state index < -0.39 is 0 Å². The number of fused-ring (bicyclic) bond motifs is 2. The number of ether oxygens (including phenoxy) is 2. The fourth-order valence-electron chi connectivity index (χ4n) is 3.07. The summed E-state index contributed by atoms with van der Waals surface area (Å²) < 4.78 is 11.9. The van der Waals surface area contributed by atoms with Gasteiger partial charge in [0, 0.05) is 31.7 Å². The predicted molar refractivity (Wildman–Crippen MR) is 106 cm³/mol. The standard InChI is InChI=1S/C20H22N4O3.H2/c1-13-3-2-4-14(7-13)24-20-16-8-19-18(9-17(16)22-12-23-20)26-11-15(27-19)10-21-5-6-25;/h2-4,7-9,12,15,21,25H,5-6,10-11H2,1H3,(H,22,23,24);1H. The van der Waals surface area contributed by atoms with Crippen LogP contribution in [0.3, 0.4) is 0 Å². The minimum absolute atomic E-state index is 0. The number of aryl methyl sites for hydroxylation is 1. The van der Waals surface area contributed by atoms with Crippen LogP contribution < -0.4 is 20.1 Å². The molecular weight excluding hydrogens is 344 g/mol. The van der Waals surface area contributed by atoms with E-state index in [4.69, 9.17) is 14.6 Å². The van der Waals surface area contributed by atoms with E-state index in [0.29, 0.717) is 31.2 Å². The van der Waals surface area contributed by atoms with Gasteiger partial charge in [0.2, 0.25) is 0 Å². The Bertz CT molecular complexity index is 954. The van der Waals surface area contributed by atoms with Crippen molar-refractivity contribution in [3.8, 4) is 11.5 Å². The average molecular weight is 368 g/mol. The maximum absolute atomic E-state index is 8.89. The van der Waals surface area contributed by atoms with Crippen molar-refractivity contribution in [2.45, 2.75) is 13.0 Å². The Morgan fingerprint density at radius 3 is 3.00 bits per heavy atom. The third kappa shape index (κ3) is 3.94. The predicted octanol–water partition coefficient (Wildman–Crippen LogP) is 2.65. The van der Waals surface area contributed by atoms with E-state index >= 15 is 0 Å². The Labute approximate surface area is 158 Å². The molecule has 7 heteroatoms. The lowest BCUT2D eigenvalue weighted by Gasteiger charge is -2.27. The van der Waals surface area contributed by atoms with Gasteiger partial charge in [-0.1, -0.05) is 12.1 Å². The number of rotatable bonds is 6. The molecule has 1 aliphatic rings. The third-order valence-electron chi connectivity index (χ3n) is 4.36. The van der Waals surface area contributed by atoms with E-state index in [-0.39, 0.29) is 14.1 Å². The highest BCUT2D eigenvalue weighted by molar-refractivity contribution is 5.93. The Balaban J connectivity index is 0.00000225. The van der Waals surface area contributed by atoms with E-state index in [9.17, 15) is 0 Å². The molecule has 7 nitrogen and oxygen atoms in total. The summed E-state index contributed by atoms with van der Waals surface area (Å²) in [6, 6.07) is 11.9. The number of nitrogens with zero attached hydrogens (tertiary/aromatic N) is 2. The normalized spacial score (nSPS) is 15.7. The molecule has 1 atom stereocenters. The van der Waals surface area contributed by atoms with E-state index in [1.54, 1.807) is 0 Å². The van der Waals surface area contributed by atoms with Gasteiger partial charge >= 0.3 is 0 Å². The summed E-state index contributed by atoms with van der Waals surface area (Å²) >= 11 is 0. The van der Waals surface area contributed by atoms with Crippen LogP contribution in [0.5, 0.6) is 11.5 Å². The van der Waals surface area contributed by atoms with Crippen LogP contribution in [0.15, 0.2) is 42.7 Å². The minimum atomic E-state index is -0.112. The zero-order valence-corrected chi connectivity index (χ0v) is 15.1. The maximum Gasteiger partial charge on any atom is 0.163 e. The third-order valence-corrected chi connectivity index (χ3v) is 4.36. The number of aliphatic hydroxyl groups excluding tert-OH is 1. The van der Waals surface area contributed by atoms with Crippen molar-refractivity contribution in [2.24, 2.45) is 0 Å². The number of hydrogen-bond donors (Lipinski definition) is 3. The van der Waals surface area contributed by atoms with Crippen LogP contribution in [0.1, 0.15) is 6.99 Å². The second kappa shape index (κ2) is 7.77. The Kier molecular flexibility index (Phi) is 5.04. The highest BCUT2D eigenvalue weighted by Crippen LogP contribution is 2.37. The van der Waals surface area contributed by atoms with Gasteiger partial charge in [-0.05, 0) is 30.7 Å². The molecule has 27 heavy (non-hydrogen) atoms. The molecule has 0 aliphatic carbocycles. The van der Waals surface area contributed by atoms with E-state index in [1.807, 2.05) is 24.3 Å². The van der Waals surface area contributed by atoms with Crippen LogP contribution >= 0.6 is 0 Å². The first-order valence-corrected chi connectivity index (χ1v) is 8.96. The van der Waals surface area contributed by atoms with Gasteiger partial charge in [0.05, 0.1) is 12.1 Å². The Morgan fingerprint density at radius 1 is 1.22 bits per heavy atom. The lowest BCUT2D eigenvalue weighted by Crippen LogP contribution is -2.39. The average Bonchev–Trinajstić information content (AvgIpc) is 2.67. The molecule has 3 N–H and O–H groups in total. The number of anilines is 2. The zero-order chi connectivity index (χ0) is 18.6. The molecule has 0 radical (unpaired) electrons. The first-order chi connectivity index (χ1) is 13.2. The van der Waals surface area contributed by atoms with Crippen LogP contribution in [0, 0.1) is 6.92 Å². The summed E-state index contributed by atoms with van der Waals surface area (Å²) in [6.07, 6.45) is 1.43. The van der Waals surface area contributed by atoms with E-state index in [1.165, 1.54) is 11.9 Å². The van der Waals surface area contributed by atoms with Crippen molar-refractivity contribution in [1.82, 2.24) is 15.3 Å². The van der Waals surface area contributed by atoms with Crippen molar-refractivity contribution >= 4 is 22.4 Å². The number of nitrogens with one attached hydrogen (secondary N) is 2. The summed E-state index contributed by atoms with van der Waals surface area (Å²) in [4.78, 5) is 8.76. The van der Waals surface area contributed by atoms with Crippen LogP contribution in [0.2, 0.25) is 0 Å². The SMILES string of the molecule is Cc1cccc(Nc2ncnc3cc4c(cc23)OC(CNCCO)CO4)c1.[HH]. The van der Waals surface area contributed by atoms with Gasteiger partial charge in [-0.25, -0.2) is 9.97 Å². The van der Waals surface area contributed by atoms with Gasteiger partial charge in [-0.3, -0.25) is 0 Å². The quantitative estimate of drug-likeness (QED) is 0.577. The van der Waals surface area contributed by atoms with Gasteiger partial charge in [0.15, 0.2) is 11.5 Å². The van der Waals surface area contributed by atoms with Gasteiger partial charge < -0.3 is 25.2 Å². The highest BCUT2D eigenvalue weighted by atomic mass is 16.6. The zero-order valence-electron chi connectivity index (χ0n) is 15.1. The second-order valence-corrected chi connectivity index (χ2v) is 6.51. The van der Waals surface area contributed by atoms with Crippen LogP contribution in [-0.4, -0.2) is 47.5 Å². The molecule has 0 amide bonds. The smallest absolute Gasteiger partial charge is 0.163 e. The summed E-state index contributed by atoms with van der Waals surface area (Å²) in [5.74, 6) is 2.07. The fraction of sp³-hybridized carbons (Fsp3) is 0.300. The summed E-state index contributed by atoms with van der Waals surface area (Å²) in [6.45, 7) is 3.74. The Hall–Kier alpha value is -2.90. The number of hydrogen-bond acceptors (Lipinski definition) is 7. The van der Waals surface area contributed by atoms with Crippen molar-refractivity contribution < 1.29 is 16.0 Å². The molecule has 0 bridgehead atoms. The Morgan fingerprint density at radius 2 is 2.15 bits per heavy atom. The molecule has 4 rings (SSSR count). The molecule has 0 fully saturated rings. The van der Waals surface area contributed by atoms with E-state index in [2.05, 4.69) is 39.7 Å². The van der Waals surface area contributed by atoms with Crippen molar-refractivity contribution in [2.75, 3.05) is 31.6 Å². The molecule has 1 unspecified atom stereocenters. The lowest BCUT2D eigenvalue weighted by molar-refractivity contribution is 0.0898. The first kappa shape index (κ1) is 17.5. The number of benzene rings is 2. The number of aliphatic hydroxyl groups is 1. The summed E-state index contributed by atoms with van der Waals surface area (Å²) in [5, 5.41) is 16.2. The highest BCUT2D eigenvalue weighted by Gasteiger charge is 2.22. The molecule has 0 saturated carbocycles. The van der Waals surface area contributed by atoms with Crippen LogP contribution in [0.4, 0.5) is 11.5 Å². The maximum atomic E-state index is 8.89. The molecule has 2 aromatic carbocycles. The van der Waals surface area contributed by atoms with Crippen molar-refractivity contribution in [3.05, 3.63) is 48.3 Å². The molecule has 2 heterocycles. The van der Waals surface area contributed by atoms with Gasteiger partial charge in [-0.15, -0.1) is 0 Å². The second-order valence-electron chi connectivity index (χ2n) is 6.51. The topological polar surface area (TPSA) is 88.5 Å². The van der Waals surface area contributed by atoms with E-state index in [0.717, 1.165) is 22.4 Å². The van der Waals surface area contributed by atoms with Gasteiger partial charge in [0.25, 0.3) is 0 Å². The molecule has 0 saturated heterocycles. The molecule has 1 aromatic heterocycles. The van der Waals surface area contributed by atoms with Crippen LogP contribution in [0.25, 0.3) is 10.9 Å². The molecule has 1 aliphatic heterocycles. The molecular formula is C20H24N4O3.